The van der Waals surface area contributed by atoms with Gasteiger partial charge in [0.2, 0.25) is 5.91 Å². The topological polar surface area (TPSA) is 132 Å². The van der Waals surface area contributed by atoms with Crippen molar-refractivity contribution in [3.05, 3.63) is 104 Å². The molecule has 5 aromatic rings. The van der Waals surface area contributed by atoms with Crippen LogP contribution in [0.3, 0.4) is 0 Å². The molecule has 1 aliphatic heterocycles. The fraction of sp³-hybridized carbons (Fsp3) is 0.364. The number of fused-ring (bicyclic) bond motifs is 2. The molecule has 1 aliphatic carbocycles. The maximum absolute atomic E-state index is 14.9. The van der Waals surface area contributed by atoms with Crippen LogP contribution in [-0.4, -0.2) is 56.4 Å². The van der Waals surface area contributed by atoms with Gasteiger partial charge in [-0.2, -0.15) is 10.2 Å². The summed E-state index contributed by atoms with van der Waals surface area (Å²) in [6.45, 7) is 5.04. The minimum Gasteiger partial charge on any atom is -0.489 e. The normalized spacial score (nSPS) is 19.1. The Bertz CT molecular complexity index is 2060. The highest BCUT2D eigenvalue weighted by Crippen LogP contribution is 2.52. The van der Waals surface area contributed by atoms with Crippen LogP contribution >= 0.6 is 11.3 Å². The van der Waals surface area contributed by atoms with E-state index in [9.17, 15) is 18.8 Å². The minimum atomic E-state index is -1.25. The van der Waals surface area contributed by atoms with Gasteiger partial charge in [0.05, 0.1) is 37.5 Å². The molecular weight excluding hydrogens is 627 g/mol. The molecule has 2 fully saturated rings. The Morgan fingerprint density at radius 3 is 2.60 bits per heavy atom. The Balaban J connectivity index is 1.38. The first kappa shape index (κ1) is 31.0. The molecule has 0 bridgehead atoms. The molecule has 2 aliphatic rings. The lowest BCUT2D eigenvalue weighted by Crippen LogP contribution is -2.50. The van der Waals surface area contributed by atoms with Gasteiger partial charge in [0.1, 0.15) is 39.6 Å². The minimum absolute atomic E-state index is 0.110. The first-order chi connectivity index (χ1) is 22.8. The van der Waals surface area contributed by atoms with Gasteiger partial charge in [-0.3, -0.25) is 14.2 Å². The number of benzene rings is 2. The zero-order valence-electron chi connectivity index (χ0n) is 25.8. The first-order valence-corrected chi connectivity index (χ1v) is 16.2. The highest BCUT2D eigenvalue weighted by atomic mass is 32.1. The third-order valence-electron chi connectivity index (χ3n) is 8.82. The monoisotopic (exact) mass is 660 g/mol. The fourth-order valence-corrected chi connectivity index (χ4v) is 7.60. The quantitative estimate of drug-likeness (QED) is 0.190. The molecule has 0 spiro atoms. The standard InChI is InChI=1S/C33H33FN6O6S/c1-3-44-13-14-45-26(24-15-23(34)9-10-25(24)46-19-21-7-5-4-6-8-21)18-38-30-27(20(2)29(47-30)40-36-11-12-37-40)28(41)39(32(38)43)33-16-22(33)17-35-31(33)42/h4-12,15,22,26H,3,13-14,16-19H2,1-2H3,(H,35,42)/t22?,26-,33?/m0/s1. The SMILES string of the molecule is CCOCCO[C@@H](Cn1c(=O)n(C23CC2CNC3=O)c(=O)c2c(C)c(-n3nccn3)sc21)c1cc(F)ccc1OCc1ccccc1. The van der Waals surface area contributed by atoms with Gasteiger partial charge in [-0.25, -0.2) is 13.8 Å². The van der Waals surface area contributed by atoms with Gasteiger partial charge in [0.25, 0.3) is 5.56 Å². The van der Waals surface area contributed by atoms with E-state index in [1.165, 1.54) is 45.2 Å². The number of aryl methyl sites for hydroxylation is 1. The van der Waals surface area contributed by atoms with E-state index in [0.717, 1.165) is 10.1 Å². The second kappa shape index (κ2) is 12.5. The van der Waals surface area contributed by atoms with Gasteiger partial charge >= 0.3 is 5.69 Å². The molecule has 1 saturated carbocycles. The summed E-state index contributed by atoms with van der Waals surface area (Å²) < 4.78 is 35.5. The number of nitrogens with one attached hydrogen (secondary N) is 1. The van der Waals surface area contributed by atoms with Crippen molar-refractivity contribution in [2.75, 3.05) is 26.4 Å². The van der Waals surface area contributed by atoms with Gasteiger partial charge in [-0.1, -0.05) is 41.7 Å². The number of piperidine rings is 1. The Morgan fingerprint density at radius 2 is 1.89 bits per heavy atom. The first-order valence-electron chi connectivity index (χ1n) is 15.4. The zero-order valence-corrected chi connectivity index (χ0v) is 26.7. The Kier molecular flexibility index (Phi) is 8.24. The molecule has 7 rings (SSSR count). The van der Waals surface area contributed by atoms with Crippen LogP contribution in [0.1, 0.15) is 36.1 Å². The molecule has 3 atom stereocenters. The van der Waals surface area contributed by atoms with E-state index < -0.39 is 28.7 Å². The van der Waals surface area contributed by atoms with E-state index in [0.29, 0.717) is 46.3 Å². The lowest BCUT2D eigenvalue weighted by atomic mass is 10.1. The lowest BCUT2D eigenvalue weighted by molar-refractivity contribution is -0.124. The molecule has 47 heavy (non-hydrogen) atoms. The second-order valence-corrected chi connectivity index (χ2v) is 12.6. The van der Waals surface area contributed by atoms with Crippen molar-refractivity contribution in [3.63, 3.8) is 0 Å². The average molecular weight is 661 g/mol. The molecule has 0 radical (unpaired) electrons. The van der Waals surface area contributed by atoms with Crippen LogP contribution in [0.5, 0.6) is 5.75 Å². The summed E-state index contributed by atoms with van der Waals surface area (Å²) in [5.41, 5.74) is -0.560. The summed E-state index contributed by atoms with van der Waals surface area (Å²) in [4.78, 5) is 43.6. The number of rotatable bonds is 13. The number of thiophene rings is 1. The van der Waals surface area contributed by atoms with Crippen molar-refractivity contribution in [2.24, 2.45) is 5.92 Å². The molecule has 4 heterocycles. The van der Waals surface area contributed by atoms with Gasteiger partial charge in [0, 0.05) is 30.2 Å². The number of hydrogen-bond donors (Lipinski definition) is 1. The lowest BCUT2D eigenvalue weighted by Gasteiger charge is -2.24. The number of amides is 1. The van der Waals surface area contributed by atoms with E-state index in [1.54, 1.807) is 13.0 Å². The maximum atomic E-state index is 14.9. The predicted octanol–water partition coefficient (Wildman–Crippen LogP) is 3.47. The Labute approximate surface area is 272 Å². The summed E-state index contributed by atoms with van der Waals surface area (Å²) in [6.07, 6.45) is 2.54. The van der Waals surface area contributed by atoms with Crippen molar-refractivity contribution in [1.29, 1.82) is 0 Å². The van der Waals surface area contributed by atoms with Crippen molar-refractivity contribution >= 4 is 27.5 Å². The number of carbonyl (C=O) groups excluding carboxylic acids is 1. The average Bonchev–Trinajstić information content (AvgIpc) is 3.34. The van der Waals surface area contributed by atoms with Crippen molar-refractivity contribution in [3.8, 4) is 10.8 Å². The van der Waals surface area contributed by atoms with Crippen LogP contribution in [-0.2, 0) is 33.0 Å². The van der Waals surface area contributed by atoms with Gasteiger partial charge in [-0.15, -0.1) is 4.80 Å². The third kappa shape index (κ3) is 5.45. The van der Waals surface area contributed by atoms with Gasteiger partial charge in [0.15, 0.2) is 0 Å². The van der Waals surface area contributed by atoms with Crippen LogP contribution in [0, 0.1) is 18.7 Å². The van der Waals surface area contributed by atoms with Crippen LogP contribution in [0.15, 0.2) is 70.5 Å². The van der Waals surface area contributed by atoms with Gasteiger partial charge < -0.3 is 19.5 Å². The fourth-order valence-electron chi connectivity index (χ4n) is 6.38. The van der Waals surface area contributed by atoms with Gasteiger partial charge in [-0.05, 0) is 44.0 Å². The zero-order chi connectivity index (χ0) is 32.7. The van der Waals surface area contributed by atoms with Crippen LogP contribution in [0.25, 0.3) is 15.2 Å². The molecule has 12 nitrogen and oxygen atoms in total. The molecule has 1 saturated heterocycles. The van der Waals surface area contributed by atoms with E-state index in [2.05, 4.69) is 15.5 Å². The van der Waals surface area contributed by atoms with Crippen molar-refractivity contribution in [1.82, 2.24) is 29.4 Å². The van der Waals surface area contributed by atoms with Crippen molar-refractivity contribution in [2.45, 2.75) is 45.1 Å². The number of ether oxygens (including phenoxy) is 3. The van der Waals surface area contributed by atoms with E-state index in [-0.39, 0.29) is 43.6 Å². The molecule has 3 aromatic heterocycles. The molecule has 2 aromatic carbocycles. The number of carbonyl (C=O) groups is 1. The summed E-state index contributed by atoms with van der Waals surface area (Å²) in [5.74, 6) is -0.638. The maximum Gasteiger partial charge on any atom is 0.333 e. The molecular formula is C33H33FN6O6S. The van der Waals surface area contributed by atoms with Crippen LogP contribution in [0.2, 0.25) is 0 Å². The Morgan fingerprint density at radius 1 is 1.11 bits per heavy atom. The van der Waals surface area contributed by atoms with Crippen LogP contribution in [0.4, 0.5) is 4.39 Å². The second-order valence-electron chi connectivity index (χ2n) is 11.6. The summed E-state index contributed by atoms with van der Waals surface area (Å²) in [5, 5.41) is 12.1. The highest BCUT2D eigenvalue weighted by molar-refractivity contribution is 7.21. The molecule has 1 N–H and O–H groups in total. The summed E-state index contributed by atoms with van der Waals surface area (Å²) >= 11 is 1.19. The third-order valence-corrected chi connectivity index (χ3v) is 10.1. The number of nitrogens with zero attached hydrogens (tertiary/aromatic N) is 5. The van der Waals surface area contributed by atoms with Crippen LogP contribution < -0.4 is 21.3 Å². The summed E-state index contributed by atoms with van der Waals surface area (Å²) in [7, 11) is 0. The molecule has 244 valence electrons. The van der Waals surface area contributed by atoms with E-state index in [1.807, 2.05) is 37.3 Å². The molecule has 14 heteroatoms. The number of halogens is 1. The molecule has 2 unspecified atom stereocenters. The largest absolute Gasteiger partial charge is 0.489 e. The smallest absolute Gasteiger partial charge is 0.333 e. The number of hydrogen-bond acceptors (Lipinski definition) is 9. The Hall–Kier alpha value is -4.66. The highest BCUT2D eigenvalue weighted by Gasteiger charge is 2.67. The number of aromatic nitrogens is 5. The van der Waals surface area contributed by atoms with E-state index in [4.69, 9.17) is 14.2 Å². The summed E-state index contributed by atoms with van der Waals surface area (Å²) in [6, 6.07) is 13.7. The predicted molar refractivity (Wildman–Crippen MR) is 171 cm³/mol. The van der Waals surface area contributed by atoms with Crippen molar-refractivity contribution < 1.29 is 23.4 Å². The molecule has 1 amide bonds. The van der Waals surface area contributed by atoms with E-state index >= 15 is 0 Å².